The van der Waals surface area contributed by atoms with Crippen molar-refractivity contribution in [2.24, 2.45) is 0 Å². The summed E-state index contributed by atoms with van der Waals surface area (Å²) >= 11 is 0. The van der Waals surface area contributed by atoms with Crippen LogP contribution in [-0.2, 0) is 23.9 Å². The standard InChI is InChI=1S/C23H25F3N6O/c24-23(25,26)19-8-4-7-18(13-19)15-31-11-9-20(10-12-31)28-22(33)21(32-16-27-29-30-32)14-17-5-2-1-3-6-17/h1-8,13,16,20-21H,9-12,14-15H2,(H,28,33). The highest BCUT2D eigenvalue weighted by Gasteiger charge is 2.31. The highest BCUT2D eigenvalue weighted by atomic mass is 19.4. The first-order chi connectivity index (χ1) is 15.9. The second-order valence-electron chi connectivity index (χ2n) is 8.25. The molecule has 1 fully saturated rings. The maximum atomic E-state index is 13.1. The number of amides is 1. The molecule has 0 saturated carbocycles. The zero-order chi connectivity index (χ0) is 23.3. The third kappa shape index (κ3) is 6.16. The summed E-state index contributed by atoms with van der Waals surface area (Å²) in [6.45, 7) is 1.83. The molecular weight excluding hydrogens is 433 g/mol. The fourth-order valence-electron chi connectivity index (χ4n) is 4.09. The lowest BCUT2D eigenvalue weighted by atomic mass is 10.0. The van der Waals surface area contributed by atoms with Gasteiger partial charge in [-0.2, -0.15) is 13.2 Å². The molecule has 1 aromatic heterocycles. The summed E-state index contributed by atoms with van der Waals surface area (Å²) in [5, 5.41) is 14.3. The highest BCUT2D eigenvalue weighted by molar-refractivity contribution is 5.80. The van der Waals surface area contributed by atoms with Crippen LogP contribution in [0.3, 0.4) is 0 Å². The summed E-state index contributed by atoms with van der Waals surface area (Å²) in [6.07, 6.45) is -1.00. The highest BCUT2D eigenvalue weighted by Crippen LogP contribution is 2.30. The number of alkyl halides is 3. The maximum absolute atomic E-state index is 13.1. The zero-order valence-corrected chi connectivity index (χ0v) is 17.9. The fourth-order valence-corrected chi connectivity index (χ4v) is 4.09. The average Bonchev–Trinajstić information content (AvgIpc) is 3.34. The van der Waals surface area contributed by atoms with Crippen LogP contribution in [-0.4, -0.2) is 50.1 Å². The van der Waals surface area contributed by atoms with E-state index >= 15 is 0 Å². The van der Waals surface area contributed by atoms with Gasteiger partial charge < -0.3 is 5.32 Å². The Morgan fingerprint density at radius 1 is 1.06 bits per heavy atom. The van der Waals surface area contributed by atoms with Crippen LogP contribution in [0.1, 0.15) is 35.6 Å². The minimum atomic E-state index is -4.34. The number of piperidine rings is 1. The Bertz CT molecular complexity index is 1030. The Labute approximate surface area is 189 Å². The number of carbonyl (C=O) groups is 1. The third-order valence-corrected chi connectivity index (χ3v) is 5.85. The van der Waals surface area contributed by atoms with Gasteiger partial charge in [-0.1, -0.05) is 48.5 Å². The van der Waals surface area contributed by atoms with Crippen LogP contribution in [0.15, 0.2) is 60.9 Å². The molecule has 2 heterocycles. The summed E-state index contributed by atoms with van der Waals surface area (Å²) in [4.78, 5) is 15.2. The van der Waals surface area contributed by atoms with Crippen LogP contribution in [0, 0.1) is 0 Å². The molecule has 1 atom stereocenters. The number of aromatic nitrogens is 4. The molecule has 174 valence electrons. The molecule has 1 unspecified atom stereocenters. The molecule has 0 spiro atoms. The summed E-state index contributed by atoms with van der Waals surface area (Å²) in [6, 6.07) is 14.5. The molecule has 1 aliphatic heterocycles. The van der Waals surface area contributed by atoms with Crippen molar-refractivity contribution in [2.45, 2.75) is 44.1 Å². The lowest BCUT2D eigenvalue weighted by Crippen LogP contribution is -2.46. The van der Waals surface area contributed by atoms with Gasteiger partial charge in [0.25, 0.3) is 0 Å². The van der Waals surface area contributed by atoms with E-state index in [1.165, 1.54) is 23.1 Å². The Morgan fingerprint density at radius 3 is 2.45 bits per heavy atom. The molecular formula is C23H25F3N6O. The lowest BCUT2D eigenvalue weighted by Gasteiger charge is -2.33. The van der Waals surface area contributed by atoms with Crippen molar-refractivity contribution in [1.29, 1.82) is 0 Å². The number of benzene rings is 2. The number of nitrogens with one attached hydrogen (secondary N) is 1. The predicted molar refractivity (Wildman–Crippen MR) is 115 cm³/mol. The van der Waals surface area contributed by atoms with Gasteiger partial charge in [0.2, 0.25) is 5.91 Å². The Morgan fingerprint density at radius 2 is 1.79 bits per heavy atom. The molecule has 4 rings (SSSR count). The SMILES string of the molecule is O=C(NC1CCN(Cc2cccc(C(F)(F)F)c2)CC1)C(Cc1ccccc1)n1cnnn1. The first-order valence-electron chi connectivity index (χ1n) is 10.8. The minimum Gasteiger partial charge on any atom is -0.351 e. The second-order valence-corrected chi connectivity index (χ2v) is 8.25. The normalized spacial score (nSPS) is 16.5. The van der Waals surface area contributed by atoms with E-state index in [1.54, 1.807) is 6.07 Å². The maximum Gasteiger partial charge on any atom is 0.416 e. The van der Waals surface area contributed by atoms with Gasteiger partial charge in [0.1, 0.15) is 12.4 Å². The van der Waals surface area contributed by atoms with Crippen LogP contribution < -0.4 is 5.32 Å². The number of halogens is 3. The van der Waals surface area contributed by atoms with Gasteiger partial charge >= 0.3 is 6.18 Å². The van der Waals surface area contributed by atoms with Crippen molar-refractivity contribution in [3.63, 3.8) is 0 Å². The quantitative estimate of drug-likeness (QED) is 0.588. The van der Waals surface area contributed by atoms with Gasteiger partial charge in [-0.25, -0.2) is 4.68 Å². The molecule has 10 heteroatoms. The van der Waals surface area contributed by atoms with Crippen molar-refractivity contribution in [1.82, 2.24) is 30.4 Å². The van der Waals surface area contributed by atoms with E-state index in [0.717, 1.165) is 24.5 Å². The largest absolute Gasteiger partial charge is 0.416 e. The Hall–Kier alpha value is -3.27. The topological polar surface area (TPSA) is 75.9 Å². The first kappa shape index (κ1) is 22.9. The first-order valence-corrected chi connectivity index (χ1v) is 10.8. The van der Waals surface area contributed by atoms with E-state index in [1.807, 2.05) is 30.3 Å². The molecule has 3 aromatic rings. The van der Waals surface area contributed by atoms with Crippen LogP contribution in [0.2, 0.25) is 0 Å². The smallest absolute Gasteiger partial charge is 0.351 e. The molecule has 1 aliphatic rings. The van der Waals surface area contributed by atoms with Crippen LogP contribution in [0.5, 0.6) is 0 Å². The molecule has 7 nitrogen and oxygen atoms in total. The van der Waals surface area contributed by atoms with Crippen LogP contribution >= 0.6 is 0 Å². The van der Waals surface area contributed by atoms with Crippen molar-refractivity contribution in [3.8, 4) is 0 Å². The number of rotatable bonds is 7. The van der Waals surface area contributed by atoms with Gasteiger partial charge in [0, 0.05) is 32.1 Å². The third-order valence-electron chi connectivity index (χ3n) is 5.85. The molecule has 1 saturated heterocycles. The number of carbonyl (C=O) groups excluding carboxylic acids is 1. The van der Waals surface area contributed by atoms with Crippen molar-refractivity contribution in [3.05, 3.63) is 77.6 Å². The summed E-state index contributed by atoms with van der Waals surface area (Å²) in [5.41, 5.74) is 1.01. The number of hydrogen-bond acceptors (Lipinski definition) is 5. The van der Waals surface area contributed by atoms with Gasteiger partial charge in [-0.05, 0) is 40.5 Å². The Balaban J connectivity index is 1.32. The van der Waals surface area contributed by atoms with Crippen molar-refractivity contribution >= 4 is 5.91 Å². The predicted octanol–water partition coefficient (Wildman–Crippen LogP) is 3.26. The van der Waals surface area contributed by atoms with Crippen LogP contribution in [0.25, 0.3) is 0 Å². The van der Waals surface area contributed by atoms with Gasteiger partial charge in [0.05, 0.1) is 5.56 Å². The van der Waals surface area contributed by atoms with E-state index in [2.05, 4.69) is 25.7 Å². The summed E-state index contributed by atoms with van der Waals surface area (Å²) < 4.78 is 40.3. The Kier molecular flexibility index (Phi) is 7.02. The fraction of sp³-hybridized carbons (Fsp3) is 0.391. The van der Waals surface area contributed by atoms with Gasteiger partial charge in [-0.3, -0.25) is 9.69 Å². The zero-order valence-electron chi connectivity index (χ0n) is 17.9. The number of nitrogens with zero attached hydrogens (tertiary/aromatic N) is 5. The van der Waals surface area contributed by atoms with Gasteiger partial charge in [-0.15, -0.1) is 5.10 Å². The second kappa shape index (κ2) is 10.1. The average molecular weight is 458 g/mol. The van der Waals surface area contributed by atoms with Crippen molar-refractivity contribution in [2.75, 3.05) is 13.1 Å². The molecule has 0 aliphatic carbocycles. The van der Waals surface area contributed by atoms with E-state index < -0.39 is 17.8 Å². The molecule has 33 heavy (non-hydrogen) atoms. The minimum absolute atomic E-state index is 0.00925. The monoisotopic (exact) mass is 458 g/mol. The molecule has 0 bridgehead atoms. The molecule has 0 radical (unpaired) electrons. The molecule has 2 aromatic carbocycles. The van der Waals surface area contributed by atoms with E-state index in [-0.39, 0.29) is 11.9 Å². The van der Waals surface area contributed by atoms with E-state index in [9.17, 15) is 18.0 Å². The number of hydrogen-bond donors (Lipinski definition) is 1. The number of likely N-dealkylation sites (tertiary alicyclic amines) is 1. The van der Waals surface area contributed by atoms with Crippen LogP contribution in [0.4, 0.5) is 13.2 Å². The van der Waals surface area contributed by atoms with E-state index in [0.29, 0.717) is 31.6 Å². The molecule has 1 amide bonds. The lowest BCUT2D eigenvalue weighted by molar-refractivity contribution is -0.137. The molecule has 1 N–H and O–H groups in total. The van der Waals surface area contributed by atoms with Gasteiger partial charge in [0.15, 0.2) is 0 Å². The summed E-state index contributed by atoms with van der Waals surface area (Å²) in [5.74, 6) is -0.150. The summed E-state index contributed by atoms with van der Waals surface area (Å²) in [7, 11) is 0. The van der Waals surface area contributed by atoms with Crippen molar-refractivity contribution < 1.29 is 18.0 Å². The van der Waals surface area contributed by atoms with E-state index in [4.69, 9.17) is 0 Å². The number of tetrazole rings is 1.